The first-order valence-electron chi connectivity index (χ1n) is 12.4. The van der Waals surface area contributed by atoms with Gasteiger partial charge in [-0.3, -0.25) is 9.88 Å². The van der Waals surface area contributed by atoms with E-state index in [0.29, 0.717) is 67.9 Å². The van der Waals surface area contributed by atoms with Gasteiger partial charge in [0.15, 0.2) is 17.4 Å². The van der Waals surface area contributed by atoms with Crippen LogP contribution in [0.3, 0.4) is 0 Å². The molecule has 200 valence electrons. The average molecular weight is 521 g/mol. The molecule has 0 unspecified atom stereocenters. The Labute approximate surface area is 214 Å². The van der Waals surface area contributed by atoms with Gasteiger partial charge in [-0.25, -0.2) is 17.6 Å². The van der Waals surface area contributed by atoms with Crippen LogP contribution in [0.1, 0.15) is 43.0 Å². The van der Waals surface area contributed by atoms with Crippen molar-refractivity contribution in [2.45, 2.75) is 38.8 Å². The molecule has 1 fully saturated rings. The topological polar surface area (TPSA) is 54.8 Å². The number of aliphatic hydroxyl groups is 1. The van der Waals surface area contributed by atoms with Gasteiger partial charge in [0, 0.05) is 36.9 Å². The van der Waals surface area contributed by atoms with Crippen molar-refractivity contribution in [3.8, 4) is 11.5 Å². The van der Waals surface area contributed by atoms with Crippen LogP contribution in [0.25, 0.3) is 10.9 Å². The highest BCUT2D eigenvalue weighted by atomic mass is 19.1. The molecule has 0 spiro atoms. The van der Waals surface area contributed by atoms with Crippen LogP contribution in [0, 0.1) is 29.8 Å². The molecule has 0 saturated carbocycles. The van der Waals surface area contributed by atoms with Gasteiger partial charge in [-0.15, -0.1) is 0 Å². The summed E-state index contributed by atoms with van der Waals surface area (Å²) in [6, 6.07) is 6.59. The van der Waals surface area contributed by atoms with E-state index in [0.717, 1.165) is 10.9 Å². The Kier molecular flexibility index (Phi) is 8.54. The number of piperidine rings is 1. The van der Waals surface area contributed by atoms with Gasteiger partial charge in [-0.05, 0) is 80.4 Å². The van der Waals surface area contributed by atoms with Crippen LogP contribution in [0.15, 0.2) is 36.5 Å². The smallest absolute Gasteiger partial charge is 0.190 e. The van der Waals surface area contributed by atoms with Crippen molar-refractivity contribution in [3.63, 3.8) is 0 Å². The number of hydrogen-bond donors (Lipinski definition) is 1. The van der Waals surface area contributed by atoms with Crippen molar-refractivity contribution < 1.29 is 32.1 Å². The quantitative estimate of drug-likeness (QED) is 0.337. The lowest BCUT2D eigenvalue weighted by atomic mass is 9.74. The number of benzene rings is 2. The molecule has 0 radical (unpaired) electrons. The van der Waals surface area contributed by atoms with Crippen LogP contribution in [0.2, 0.25) is 0 Å². The number of likely N-dealkylation sites (tertiary alicyclic amines) is 1. The molecule has 0 aliphatic carbocycles. The van der Waals surface area contributed by atoms with Gasteiger partial charge in [0.2, 0.25) is 0 Å². The van der Waals surface area contributed by atoms with Crippen LogP contribution in [-0.4, -0.2) is 54.9 Å². The second-order valence-electron chi connectivity index (χ2n) is 9.79. The second-order valence-corrected chi connectivity index (χ2v) is 9.79. The average Bonchev–Trinajstić information content (AvgIpc) is 2.89. The van der Waals surface area contributed by atoms with Gasteiger partial charge < -0.3 is 14.6 Å². The zero-order chi connectivity index (χ0) is 26.6. The van der Waals surface area contributed by atoms with E-state index in [1.807, 2.05) is 19.1 Å². The number of nitrogens with zero attached hydrogens (tertiary/aromatic N) is 2. The van der Waals surface area contributed by atoms with Gasteiger partial charge >= 0.3 is 0 Å². The summed E-state index contributed by atoms with van der Waals surface area (Å²) < 4.78 is 66.8. The van der Waals surface area contributed by atoms with Gasteiger partial charge in [0.25, 0.3) is 0 Å². The summed E-state index contributed by atoms with van der Waals surface area (Å²) in [7, 11) is 1.57. The standard InChI is InChI=1S/C28H32F4N2O3/c1-18-16-33-25-4-3-20(36-2)15-21(25)26(18)22(30)5-6-28(17-35)7-9-34(10-8-28)11-12-37-27-23(31)13-19(29)14-24(27)32/h3-4,13-16,22,35H,5-12,17H2,1-2H3/t22-/m1/s1. The summed E-state index contributed by atoms with van der Waals surface area (Å²) in [5.41, 5.74) is 1.68. The normalized spacial score (nSPS) is 16.6. The lowest BCUT2D eigenvalue weighted by molar-refractivity contribution is 0.0263. The van der Waals surface area contributed by atoms with E-state index in [-0.39, 0.29) is 19.6 Å². The van der Waals surface area contributed by atoms with E-state index in [2.05, 4.69) is 9.88 Å². The van der Waals surface area contributed by atoms with E-state index >= 15 is 4.39 Å². The molecule has 1 aromatic heterocycles. The second kappa shape index (κ2) is 11.6. The molecule has 1 N–H and O–H groups in total. The number of aliphatic hydroxyl groups excluding tert-OH is 1. The molecular formula is C28H32F4N2O3. The number of alkyl halides is 1. The number of hydrogen-bond acceptors (Lipinski definition) is 5. The Morgan fingerprint density at radius 1 is 1.11 bits per heavy atom. The SMILES string of the molecule is COc1ccc2ncc(C)c([C@H](F)CCC3(CO)CCN(CCOc4c(F)cc(F)cc4F)CC3)c2c1. The summed E-state index contributed by atoms with van der Waals surface area (Å²) in [6.45, 7) is 3.55. The minimum absolute atomic E-state index is 0.0377. The molecule has 0 amide bonds. The monoisotopic (exact) mass is 520 g/mol. The van der Waals surface area contributed by atoms with Crippen molar-refractivity contribution in [2.24, 2.45) is 5.41 Å². The summed E-state index contributed by atoms with van der Waals surface area (Å²) in [6.07, 6.45) is 2.59. The number of aromatic nitrogens is 1. The minimum atomic E-state index is -1.21. The molecule has 1 saturated heterocycles. The maximum Gasteiger partial charge on any atom is 0.190 e. The number of methoxy groups -OCH3 is 1. The third kappa shape index (κ3) is 6.15. The Morgan fingerprint density at radius 3 is 2.46 bits per heavy atom. The number of aryl methyl sites for hydroxylation is 1. The number of ether oxygens (including phenoxy) is 2. The van der Waals surface area contributed by atoms with E-state index in [4.69, 9.17) is 9.47 Å². The van der Waals surface area contributed by atoms with Crippen molar-refractivity contribution in [2.75, 3.05) is 40.0 Å². The number of fused-ring (bicyclic) bond motifs is 1. The van der Waals surface area contributed by atoms with Crippen molar-refractivity contribution >= 4 is 10.9 Å². The third-order valence-corrected chi connectivity index (χ3v) is 7.43. The van der Waals surface area contributed by atoms with E-state index in [9.17, 15) is 18.3 Å². The zero-order valence-electron chi connectivity index (χ0n) is 21.1. The van der Waals surface area contributed by atoms with Crippen LogP contribution >= 0.6 is 0 Å². The summed E-state index contributed by atoms with van der Waals surface area (Å²) in [5.74, 6) is -3.10. The Morgan fingerprint density at radius 2 is 1.81 bits per heavy atom. The van der Waals surface area contributed by atoms with Gasteiger partial charge in [-0.1, -0.05) is 0 Å². The first kappa shape index (κ1) is 27.1. The van der Waals surface area contributed by atoms with Crippen LogP contribution in [-0.2, 0) is 0 Å². The number of pyridine rings is 1. The molecule has 1 aliphatic rings. The van der Waals surface area contributed by atoms with Crippen molar-refractivity contribution in [1.29, 1.82) is 0 Å². The summed E-state index contributed by atoms with van der Waals surface area (Å²) in [5, 5.41) is 10.9. The molecule has 1 aliphatic heterocycles. The molecule has 1 atom stereocenters. The highest BCUT2D eigenvalue weighted by molar-refractivity contribution is 5.84. The highest BCUT2D eigenvalue weighted by Gasteiger charge is 2.35. The lowest BCUT2D eigenvalue weighted by Gasteiger charge is -2.41. The number of rotatable bonds is 10. The predicted molar refractivity (Wildman–Crippen MR) is 133 cm³/mol. The summed E-state index contributed by atoms with van der Waals surface area (Å²) >= 11 is 0. The molecule has 37 heavy (non-hydrogen) atoms. The Balaban J connectivity index is 1.33. The number of halogens is 4. The van der Waals surface area contributed by atoms with Gasteiger partial charge in [0.05, 0.1) is 12.6 Å². The van der Waals surface area contributed by atoms with Crippen molar-refractivity contribution in [3.05, 3.63) is 65.1 Å². The van der Waals surface area contributed by atoms with E-state index in [1.165, 1.54) is 0 Å². The lowest BCUT2D eigenvalue weighted by Crippen LogP contribution is -2.43. The minimum Gasteiger partial charge on any atom is -0.497 e. The first-order chi connectivity index (χ1) is 17.7. The molecule has 2 heterocycles. The predicted octanol–water partition coefficient (Wildman–Crippen LogP) is 5.91. The largest absolute Gasteiger partial charge is 0.497 e. The molecule has 9 heteroatoms. The third-order valence-electron chi connectivity index (χ3n) is 7.43. The summed E-state index contributed by atoms with van der Waals surface area (Å²) in [4.78, 5) is 6.48. The van der Waals surface area contributed by atoms with Crippen LogP contribution < -0.4 is 9.47 Å². The van der Waals surface area contributed by atoms with E-state index in [1.54, 1.807) is 19.4 Å². The maximum absolute atomic E-state index is 15.7. The highest BCUT2D eigenvalue weighted by Crippen LogP contribution is 2.41. The first-order valence-corrected chi connectivity index (χ1v) is 12.4. The maximum atomic E-state index is 15.7. The fourth-order valence-corrected chi connectivity index (χ4v) is 5.09. The van der Waals surface area contributed by atoms with Gasteiger partial charge in [-0.2, -0.15) is 0 Å². The molecule has 3 aromatic rings. The van der Waals surface area contributed by atoms with Gasteiger partial charge in [0.1, 0.15) is 24.3 Å². The van der Waals surface area contributed by atoms with E-state index < -0.39 is 34.8 Å². The Hall–Kier alpha value is -2.91. The zero-order valence-corrected chi connectivity index (χ0v) is 21.1. The molecular weight excluding hydrogens is 488 g/mol. The fraction of sp³-hybridized carbons (Fsp3) is 0.464. The van der Waals surface area contributed by atoms with Crippen LogP contribution in [0.5, 0.6) is 11.5 Å². The molecule has 4 rings (SSSR count). The molecule has 5 nitrogen and oxygen atoms in total. The fourth-order valence-electron chi connectivity index (χ4n) is 5.09. The Bertz CT molecular complexity index is 1210. The van der Waals surface area contributed by atoms with Crippen LogP contribution in [0.4, 0.5) is 17.6 Å². The molecule has 0 bridgehead atoms. The molecule has 2 aromatic carbocycles. The van der Waals surface area contributed by atoms with Crippen molar-refractivity contribution in [1.82, 2.24) is 9.88 Å².